The molecular weight excluding hydrogens is 406 g/mol. The Kier molecular flexibility index (Phi) is 6.94. The number of aryl methyl sites for hydroxylation is 2. The lowest BCUT2D eigenvalue weighted by molar-refractivity contribution is 0.0525. The predicted molar refractivity (Wildman–Crippen MR) is 111 cm³/mol. The number of Topliss-reactive ketones (excluding diaryl/α,β-unsaturated/α-hetero) is 1. The average molecular weight is 429 g/mol. The van der Waals surface area contributed by atoms with Crippen molar-refractivity contribution in [1.29, 1.82) is 0 Å². The summed E-state index contributed by atoms with van der Waals surface area (Å²) in [7, 11) is 0. The van der Waals surface area contributed by atoms with E-state index in [9.17, 15) is 9.59 Å². The van der Waals surface area contributed by atoms with Gasteiger partial charge in [0.1, 0.15) is 5.75 Å². The fourth-order valence-corrected chi connectivity index (χ4v) is 3.60. The molecule has 3 rings (SSSR count). The maximum Gasteiger partial charge on any atom is 0.340 e. The average Bonchev–Trinajstić information content (AvgIpc) is 3.28. The molecule has 0 atom stereocenters. The van der Waals surface area contributed by atoms with Crippen molar-refractivity contribution < 1.29 is 23.5 Å². The summed E-state index contributed by atoms with van der Waals surface area (Å²) in [4.78, 5) is 27.7. The fraction of sp³-hybridized carbons (Fsp3) is 0.333. The van der Waals surface area contributed by atoms with E-state index < -0.39 is 5.97 Å². The molecule has 8 nitrogen and oxygen atoms in total. The van der Waals surface area contributed by atoms with E-state index in [2.05, 4.69) is 15.2 Å². The first-order chi connectivity index (χ1) is 14.4. The van der Waals surface area contributed by atoms with Crippen molar-refractivity contribution in [2.45, 2.75) is 39.5 Å². The number of hydrogen-bond acceptors (Lipinski definition) is 8. The number of carbonyl (C=O) groups excluding carboxylic acids is 2. The van der Waals surface area contributed by atoms with Crippen LogP contribution in [0.1, 0.15) is 50.5 Å². The predicted octanol–water partition coefficient (Wildman–Crippen LogP) is 4.05. The Bertz CT molecular complexity index is 1060. The molecule has 9 heteroatoms. The van der Waals surface area contributed by atoms with Gasteiger partial charge < -0.3 is 18.9 Å². The smallest absolute Gasteiger partial charge is 0.340 e. The van der Waals surface area contributed by atoms with E-state index in [0.717, 1.165) is 17.3 Å². The minimum absolute atomic E-state index is 0.0867. The fourth-order valence-electron chi connectivity index (χ4n) is 2.94. The SMILES string of the molecule is CCOC(=O)c1c(C)[nH]c(C(=O)CSc2nnc(COc3cccc(C)c3)o2)c1C. The molecule has 2 aromatic heterocycles. The molecule has 0 bridgehead atoms. The second-order valence-electron chi connectivity index (χ2n) is 6.62. The van der Waals surface area contributed by atoms with Gasteiger partial charge in [0.25, 0.3) is 11.1 Å². The number of esters is 1. The quantitative estimate of drug-likeness (QED) is 0.308. The van der Waals surface area contributed by atoms with E-state index in [4.69, 9.17) is 13.9 Å². The number of ether oxygens (including phenoxy) is 2. The number of carbonyl (C=O) groups is 2. The van der Waals surface area contributed by atoms with Gasteiger partial charge in [0.2, 0.25) is 0 Å². The number of hydrogen-bond donors (Lipinski definition) is 1. The van der Waals surface area contributed by atoms with E-state index in [-0.39, 0.29) is 30.0 Å². The molecule has 0 fully saturated rings. The maximum atomic E-state index is 12.6. The van der Waals surface area contributed by atoms with Crippen LogP contribution in [0.2, 0.25) is 0 Å². The number of aromatic nitrogens is 3. The summed E-state index contributed by atoms with van der Waals surface area (Å²) in [6.07, 6.45) is 0. The second kappa shape index (κ2) is 9.62. The first kappa shape index (κ1) is 21.6. The van der Waals surface area contributed by atoms with Crippen LogP contribution in [0.5, 0.6) is 5.75 Å². The van der Waals surface area contributed by atoms with Crippen LogP contribution in [0.15, 0.2) is 33.9 Å². The molecule has 30 heavy (non-hydrogen) atoms. The lowest BCUT2D eigenvalue weighted by Gasteiger charge is -2.03. The monoisotopic (exact) mass is 429 g/mol. The molecule has 1 N–H and O–H groups in total. The molecule has 158 valence electrons. The van der Waals surface area contributed by atoms with Crippen LogP contribution < -0.4 is 4.74 Å². The van der Waals surface area contributed by atoms with Gasteiger partial charge in [0.05, 0.1) is 23.6 Å². The van der Waals surface area contributed by atoms with Gasteiger partial charge in [-0.05, 0) is 51.0 Å². The van der Waals surface area contributed by atoms with Crippen LogP contribution in [0.4, 0.5) is 0 Å². The highest BCUT2D eigenvalue weighted by atomic mass is 32.2. The molecule has 0 radical (unpaired) electrons. The lowest BCUT2D eigenvalue weighted by atomic mass is 10.1. The summed E-state index contributed by atoms with van der Waals surface area (Å²) in [6, 6.07) is 7.65. The van der Waals surface area contributed by atoms with Gasteiger partial charge in [-0.15, -0.1) is 10.2 Å². The summed E-state index contributed by atoms with van der Waals surface area (Å²) in [5.41, 5.74) is 3.06. The molecule has 0 saturated carbocycles. The first-order valence-electron chi connectivity index (χ1n) is 9.43. The molecule has 0 aliphatic heterocycles. The molecule has 0 aliphatic carbocycles. The molecule has 0 saturated heterocycles. The van der Waals surface area contributed by atoms with Crippen molar-refractivity contribution in [3.63, 3.8) is 0 Å². The minimum Gasteiger partial charge on any atom is -0.484 e. The van der Waals surface area contributed by atoms with E-state index >= 15 is 0 Å². The number of thioether (sulfide) groups is 1. The third-order valence-electron chi connectivity index (χ3n) is 4.32. The number of nitrogens with one attached hydrogen (secondary N) is 1. The summed E-state index contributed by atoms with van der Waals surface area (Å²) in [5, 5.41) is 8.16. The largest absolute Gasteiger partial charge is 0.484 e. The van der Waals surface area contributed by atoms with Crippen molar-refractivity contribution in [2.75, 3.05) is 12.4 Å². The van der Waals surface area contributed by atoms with Gasteiger partial charge in [-0.25, -0.2) is 4.79 Å². The van der Waals surface area contributed by atoms with Crippen molar-refractivity contribution in [2.24, 2.45) is 0 Å². The van der Waals surface area contributed by atoms with Gasteiger partial charge in [0.15, 0.2) is 12.4 Å². The van der Waals surface area contributed by atoms with Crippen LogP contribution >= 0.6 is 11.8 Å². The van der Waals surface area contributed by atoms with Gasteiger partial charge in [0, 0.05) is 5.69 Å². The third kappa shape index (κ3) is 5.10. The number of ketones is 1. The van der Waals surface area contributed by atoms with Crippen LogP contribution in [0, 0.1) is 20.8 Å². The lowest BCUT2D eigenvalue weighted by Crippen LogP contribution is -2.08. The Morgan fingerprint density at radius 2 is 2.00 bits per heavy atom. The Balaban J connectivity index is 1.58. The Morgan fingerprint density at radius 1 is 1.20 bits per heavy atom. The highest BCUT2D eigenvalue weighted by Gasteiger charge is 2.23. The van der Waals surface area contributed by atoms with Crippen molar-refractivity contribution in [3.05, 3.63) is 58.2 Å². The number of rotatable bonds is 9. The summed E-state index contributed by atoms with van der Waals surface area (Å²) >= 11 is 1.13. The number of benzene rings is 1. The summed E-state index contributed by atoms with van der Waals surface area (Å²) in [5.74, 6) is 0.511. The van der Waals surface area contributed by atoms with Crippen molar-refractivity contribution >= 4 is 23.5 Å². The molecule has 2 heterocycles. The molecule has 0 aliphatic rings. The highest BCUT2D eigenvalue weighted by molar-refractivity contribution is 7.99. The van der Waals surface area contributed by atoms with Crippen LogP contribution in [0.3, 0.4) is 0 Å². The Labute approximate surface area is 178 Å². The number of nitrogens with zero attached hydrogens (tertiary/aromatic N) is 2. The zero-order chi connectivity index (χ0) is 21.7. The van der Waals surface area contributed by atoms with Crippen molar-refractivity contribution in [1.82, 2.24) is 15.2 Å². The number of H-pyrrole nitrogens is 1. The molecular formula is C21H23N3O5S. The topological polar surface area (TPSA) is 107 Å². The number of aromatic amines is 1. The molecule has 0 spiro atoms. The molecule has 3 aromatic rings. The minimum atomic E-state index is -0.439. The van der Waals surface area contributed by atoms with E-state index in [1.54, 1.807) is 20.8 Å². The normalized spacial score (nSPS) is 10.8. The first-order valence-corrected chi connectivity index (χ1v) is 10.4. The van der Waals surface area contributed by atoms with Crippen LogP contribution in [0.25, 0.3) is 0 Å². The second-order valence-corrected chi connectivity index (χ2v) is 7.55. The third-order valence-corrected chi connectivity index (χ3v) is 5.14. The zero-order valence-corrected chi connectivity index (χ0v) is 18.1. The van der Waals surface area contributed by atoms with Crippen LogP contribution in [-0.4, -0.2) is 39.3 Å². The van der Waals surface area contributed by atoms with Gasteiger partial charge >= 0.3 is 5.97 Å². The standard InChI is InChI=1S/C21H23N3O5S/c1-5-27-20(26)18-13(3)19(22-14(18)4)16(25)11-30-21-24-23-17(29-21)10-28-15-8-6-7-12(2)9-15/h6-9,22H,5,10-11H2,1-4H3. The van der Waals surface area contributed by atoms with Gasteiger partial charge in [-0.2, -0.15) is 0 Å². The summed E-state index contributed by atoms with van der Waals surface area (Å²) < 4.78 is 16.2. The Morgan fingerprint density at radius 3 is 2.73 bits per heavy atom. The van der Waals surface area contributed by atoms with Crippen LogP contribution in [-0.2, 0) is 11.3 Å². The van der Waals surface area contributed by atoms with Gasteiger partial charge in [-0.1, -0.05) is 23.9 Å². The maximum absolute atomic E-state index is 12.6. The molecule has 1 aromatic carbocycles. The Hall–Kier alpha value is -3.07. The van der Waals surface area contributed by atoms with E-state index in [1.165, 1.54) is 0 Å². The van der Waals surface area contributed by atoms with Gasteiger partial charge in [-0.3, -0.25) is 4.79 Å². The molecule has 0 amide bonds. The zero-order valence-electron chi connectivity index (χ0n) is 17.3. The van der Waals surface area contributed by atoms with E-state index in [1.807, 2.05) is 31.2 Å². The highest BCUT2D eigenvalue weighted by Crippen LogP contribution is 2.23. The summed E-state index contributed by atoms with van der Waals surface area (Å²) in [6.45, 7) is 7.59. The van der Waals surface area contributed by atoms with E-state index in [0.29, 0.717) is 34.2 Å². The molecule has 0 unspecified atom stereocenters. The van der Waals surface area contributed by atoms with Crippen molar-refractivity contribution in [3.8, 4) is 5.75 Å².